The predicted molar refractivity (Wildman–Crippen MR) is 66.3 cm³/mol. The van der Waals surface area contributed by atoms with Crippen molar-refractivity contribution in [2.75, 3.05) is 0 Å². The minimum Gasteiger partial charge on any atom is -0.300 e. The molecule has 4 nitrogen and oxygen atoms in total. The number of carbonyl (C=O) groups is 1. The van der Waals surface area contributed by atoms with Crippen molar-refractivity contribution in [3.8, 4) is 0 Å². The summed E-state index contributed by atoms with van der Waals surface area (Å²) in [4.78, 5) is 11.1. The zero-order valence-electron chi connectivity index (χ0n) is 10.2. The molecule has 0 spiro atoms. The van der Waals surface area contributed by atoms with E-state index in [4.69, 9.17) is 0 Å². The molecule has 0 aromatic heterocycles. The van der Waals surface area contributed by atoms with Crippen LogP contribution in [0.4, 0.5) is 0 Å². The highest BCUT2D eigenvalue weighted by Crippen LogP contribution is 2.11. The van der Waals surface area contributed by atoms with Crippen LogP contribution in [0.25, 0.3) is 0 Å². The van der Waals surface area contributed by atoms with E-state index in [2.05, 4.69) is 4.72 Å². The molecular weight excluding hydrogens is 238 g/mol. The molecule has 0 radical (unpaired) electrons. The van der Waals surface area contributed by atoms with E-state index in [1.807, 2.05) is 0 Å². The number of hydrogen-bond donors (Lipinski definition) is 1. The van der Waals surface area contributed by atoms with Crippen LogP contribution in [0.2, 0.25) is 0 Å². The highest BCUT2D eigenvalue weighted by atomic mass is 32.2. The fraction of sp³-hybridized carbons (Fsp3) is 0.417. The minimum absolute atomic E-state index is 0.0564. The van der Waals surface area contributed by atoms with E-state index >= 15 is 0 Å². The zero-order chi connectivity index (χ0) is 13.1. The van der Waals surface area contributed by atoms with Crippen molar-refractivity contribution in [3.05, 3.63) is 29.8 Å². The molecule has 0 atom stereocenters. The quantitative estimate of drug-likeness (QED) is 0.867. The Kier molecular flexibility index (Phi) is 4.42. The van der Waals surface area contributed by atoms with Gasteiger partial charge in [-0.2, -0.15) is 0 Å². The maximum Gasteiger partial charge on any atom is 0.240 e. The number of Topliss-reactive ketones (excluding diaryl/α,β-unsaturated/α-hetero) is 1. The van der Waals surface area contributed by atoms with E-state index in [0.717, 1.165) is 5.56 Å². The van der Waals surface area contributed by atoms with Crippen LogP contribution in [-0.4, -0.2) is 20.2 Å². The Bertz CT molecular complexity index is 489. The molecule has 0 saturated carbocycles. The number of sulfonamides is 1. The molecule has 0 aliphatic heterocycles. The van der Waals surface area contributed by atoms with Crippen molar-refractivity contribution >= 4 is 15.8 Å². The average Bonchev–Trinajstić information content (AvgIpc) is 2.15. The lowest BCUT2D eigenvalue weighted by molar-refractivity contribution is -0.116. The summed E-state index contributed by atoms with van der Waals surface area (Å²) in [5.41, 5.74) is 0.820. The molecule has 5 heteroatoms. The second-order valence-corrected chi connectivity index (χ2v) is 6.01. The fourth-order valence-electron chi connectivity index (χ4n) is 1.45. The third kappa shape index (κ3) is 4.28. The summed E-state index contributed by atoms with van der Waals surface area (Å²) in [6.07, 6.45) is 0.331. The van der Waals surface area contributed by atoms with Crippen LogP contribution in [0.1, 0.15) is 26.3 Å². The normalized spacial score (nSPS) is 11.8. The number of ketones is 1. The van der Waals surface area contributed by atoms with Crippen LogP contribution in [0.15, 0.2) is 29.2 Å². The topological polar surface area (TPSA) is 63.2 Å². The van der Waals surface area contributed by atoms with E-state index < -0.39 is 10.0 Å². The number of hydrogen-bond acceptors (Lipinski definition) is 3. The highest BCUT2D eigenvalue weighted by molar-refractivity contribution is 7.89. The van der Waals surface area contributed by atoms with Gasteiger partial charge >= 0.3 is 0 Å². The van der Waals surface area contributed by atoms with Gasteiger partial charge in [-0.05, 0) is 38.5 Å². The summed E-state index contributed by atoms with van der Waals surface area (Å²) >= 11 is 0. The largest absolute Gasteiger partial charge is 0.300 e. The van der Waals surface area contributed by atoms with E-state index in [9.17, 15) is 13.2 Å². The Balaban J connectivity index is 2.91. The molecule has 0 fully saturated rings. The molecule has 0 amide bonds. The van der Waals surface area contributed by atoms with Crippen molar-refractivity contribution < 1.29 is 13.2 Å². The van der Waals surface area contributed by atoms with Crippen LogP contribution in [0.3, 0.4) is 0 Å². The van der Waals surface area contributed by atoms with Crippen molar-refractivity contribution in [1.82, 2.24) is 4.72 Å². The van der Waals surface area contributed by atoms with E-state index in [0.29, 0.717) is 6.42 Å². The van der Waals surface area contributed by atoms with Gasteiger partial charge in [0.25, 0.3) is 0 Å². The summed E-state index contributed by atoms with van der Waals surface area (Å²) in [5.74, 6) is 0.0564. The van der Waals surface area contributed by atoms with Crippen molar-refractivity contribution in [2.45, 2.75) is 38.1 Å². The lowest BCUT2D eigenvalue weighted by Gasteiger charge is -2.09. The molecule has 94 valence electrons. The lowest BCUT2D eigenvalue weighted by Crippen LogP contribution is -2.30. The van der Waals surface area contributed by atoms with Crippen LogP contribution in [-0.2, 0) is 21.2 Å². The first-order chi connectivity index (χ1) is 7.81. The minimum atomic E-state index is -3.44. The standard InChI is InChI=1S/C12H17NO3S/c1-9(2)13-17(15,16)12-6-4-11(5-7-12)8-10(3)14/h4-7,9,13H,8H2,1-3H3. The van der Waals surface area contributed by atoms with Gasteiger partial charge in [-0.15, -0.1) is 0 Å². The molecule has 17 heavy (non-hydrogen) atoms. The predicted octanol–water partition coefficient (Wildman–Crippen LogP) is 1.50. The smallest absolute Gasteiger partial charge is 0.240 e. The summed E-state index contributed by atoms with van der Waals surface area (Å²) in [7, 11) is -3.44. The maximum atomic E-state index is 11.8. The first kappa shape index (κ1) is 13.9. The number of benzene rings is 1. The van der Waals surface area contributed by atoms with Gasteiger partial charge in [0.05, 0.1) is 4.90 Å². The van der Waals surface area contributed by atoms with Gasteiger partial charge in [0.2, 0.25) is 10.0 Å². The monoisotopic (exact) mass is 255 g/mol. The Morgan fingerprint density at radius 2 is 1.76 bits per heavy atom. The van der Waals surface area contributed by atoms with E-state index in [1.165, 1.54) is 19.1 Å². The summed E-state index contributed by atoms with van der Waals surface area (Å²) in [6.45, 7) is 5.04. The third-order valence-electron chi connectivity index (χ3n) is 2.08. The summed E-state index contributed by atoms with van der Waals surface area (Å²) < 4.78 is 26.1. The van der Waals surface area contributed by atoms with Crippen molar-refractivity contribution in [2.24, 2.45) is 0 Å². The number of nitrogens with one attached hydrogen (secondary N) is 1. The summed E-state index contributed by atoms with van der Waals surface area (Å²) in [6, 6.07) is 6.22. The lowest BCUT2D eigenvalue weighted by atomic mass is 10.1. The Morgan fingerprint density at radius 1 is 1.24 bits per heavy atom. The molecule has 0 heterocycles. The molecule has 1 rings (SSSR count). The van der Waals surface area contributed by atoms with Crippen LogP contribution in [0.5, 0.6) is 0 Å². The molecule has 1 aromatic carbocycles. The summed E-state index contributed by atoms with van der Waals surface area (Å²) in [5, 5.41) is 0. The number of rotatable bonds is 5. The molecule has 0 unspecified atom stereocenters. The molecule has 0 aliphatic rings. The Hall–Kier alpha value is -1.20. The molecule has 1 aromatic rings. The highest BCUT2D eigenvalue weighted by Gasteiger charge is 2.14. The third-order valence-corrected chi connectivity index (χ3v) is 3.75. The molecule has 0 saturated heterocycles. The number of carbonyl (C=O) groups excluding carboxylic acids is 1. The van der Waals surface area contributed by atoms with Crippen LogP contribution < -0.4 is 4.72 Å². The Labute approximate surface area is 102 Å². The van der Waals surface area contributed by atoms with Crippen molar-refractivity contribution in [1.29, 1.82) is 0 Å². The molecule has 0 bridgehead atoms. The fourth-order valence-corrected chi connectivity index (χ4v) is 2.70. The second-order valence-electron chi connectivity index (χ2n) is 4.30. The second kappa shape index (κ2) is 5.42. The maximum absolute atomic E-state index is 11.8. The molecule has 1 N–H and O–H groups in total. The van der Waals surface area contributed by atoms with Crippen LogP contribution >= 0.6 is 0 Å². The van der Waals surface area contributed by atoms with Crippen molar-refractivity contribution in [3.63, 3.8) is 0 Å². The molecule has 0 aliphatic carbocycles. The van der Waals surface area contributed by atoms with Gasteiger partial charge in [0.15, 0.2) is 0 Å². The first-order valence-corrected chi connectivity index (χ1v) is 6.90. The Morgan fingerprint density at radius 3 is 2.18 bits per heavy atom. The van der Waals surface area contributed by atoms with Crippen LogP contribution in [0, 0.1) is 0 Å². The SMILES string of the molecule is CC(=O)Cc1ccc(S(=O)(=O)NC(C)C)cc1. The zero-order valence-corrected chi connectivity index (χ0v) is 11.0. The van der Waals surface area contributed by atoms with Gasteiger partial charge in [-0.1, -0.05) is 12.1 Å². The molecular formula is C12H17NO3S. The van der Waals surface area contributed by atoms with Gasteiger partial charge in [-0.3, -0.25) is 4.79 Å². The van der Waals surface area contributed by atoms with Gasteiger partial charge in [0.1, 0.15) is 5.78 Å². The van der Waals surface area contributed by atoms with E-state index in [1.54, 1.807) is 26.0 Å². The van der Waals surface area contributed by atoms with Gasteiger partial charge in [-0.25, -0.2) is 13.1 Å². The average molecular weight is 255 g/mol. The first-order valence-electron chi connectivity index (χ1n) is 5.42. The van der Waals surface area contributed by atoms with E-state index in [-0.39, 0.29) is 16.7 Å². The van der Waals surface area contributed by atoms with Gasteiger partial charge < -0.3 is 0 Å². The van der Waals surface area contributed by atoms with Gasteiger partial charge in [0, 0.05) is 12.5 Å².